The minimum atomic E-state index is -4.34. The van der Waals surface area contributed by atoms with Gasteiger partial charge in [0.05, 0.1) is 11.3 Å². The summed E-state index contributed by atoms with van der Waals surface area (Å²) in [5.41, 5.74) is 5.79. The maximum absolute atomic E-state index is 12.8. The van der Waals surface area contributed by atoms with Gasteiger partial charge in [-0.3, -0.25) is 0 Å². The maximum atomic E-state index is 12.8. The third-order valence-electron chi connectivity index (χ3n) is 3.66. The highest BCUT2D eigenvalue weighted by Crippen LogP contribution is 2.53. The van der Waals surface area contributed by atoms with Gasteiger partial charge in [-0.15, -0.1) is 0 Å². The molecule has 3 nitrogen and oxygen atoms in total. The second-order valence-electron chi connectivity index (χ2n) is 4.96. The van der Waals surface area contributed by atoms with Crippen molar-refractivity contribution >= 4 is 5.95 Å². The monoisotopic (exact) mass is 279 g/mol. The molecule has 0 bridgehead atoms. The van der Waals surface area contributed by atoms with Crippen molar-refractivity contribution in [2.45, 2.75) is 24.4 Å². The molecule has 20 heavy (non-hydrogen) atoms. The molecule has 1 aliphatic carbocycles. The lowest BCUT2D eigenvalue weighted by Crippen LogP contribution is -2.14. The molecule has 6 heteroatoms. The highest BCUT2D eigenvalue weighted by molar-refractivity contribution is 5.44. The van der Waals surface area contributed by atoms with Gasteiger partial charge in [-0.2, -0.15) is 13.2 Å². The predicted octanol–water partition coefficient (Wildman–Crippen LogP) is 3.16. The van der Waals surface area contributed by atoms with Crippen LogP contribution in [0.2, 0.25) is 0 Å². The molecule has 0 aliphatic heterocycles. The van der Waals surface area contributed by atoms with E-state index in [0.29, 0.717) is 11.3 Å². The molecule has 1 aromatic carbocycles. The fourth-order valence-corrected chi connectivity index (χ4v) is 2.45. The number of halogens is 3. The molecule has 0 unspecified atom stereocenters. The number of nitrogen functional groups attached to an aromatic ring is 1. The van der Waals surface area contributed by atoms with Gasteiger partial charge >= 0.3 is 6.18 Å². The summed E-state index contributed by atoms with van der Waals surface area (Å²) in [5, 5.41) is 0. The number of benzene rings is 1. The molecule has 1 aromatic heterocycles. The smallest absolute Gasteiger partial charge is 0.368 e. The summed E-state index contributed by atoms with van der Waals surface area (Å²) in [4.78, 5) is 7.98. The number of aromatic nitrogens is 2. The Hall–Kier alpha value is -2.11. The van der Waals surface area contributed by atoms with Gasteiger partial charge in [-0.05, 0) is 30.5 Å². The van der Waals surface area contributed by atoms with Crippen molar-refractivity contribution in [2.75, 3.05) is 5.73 Å². The van der Waals surface area contributed by atoms with Gasteiger partial charge < -0.3 is 5.73 Å². The number of rotatable bonds is 2. The first-order valence-electron chi connectivity index (χ1n) is 6.19. The van der Waals surface area contributed by atoms with Gasteiger partial charge in [0.15, 0.2) is 0 Å². The van der Waals surface area contributed by atoms with Gasteiger partial charge in [0.2, 0.25) is 5.95 Å². The minimum absolute atomic E-state index is 0.140. The minimum Gasteiger partial charge on any atom is -0.368 e. The fourth-order valence-electron chi connectivity index (χ4n) is 2.45. The molecular formula is C14H12F3N3. The Bertz CT molecular complexity index is 648. The van der Waals surface area contributed by atoms with Crippen molar-refractivity contribution in [3.05, 3.63) is 53.3 Å². The van der Waals surface area contributed by atoms with Crippen molar-refractivity contribution in [3.63, 3.8) is 0 Å². The average molecular weight is 279 g/mol. The molecule has 104 valence electrons. The fraction of sp³-hybridized carbons (Fsp3) is 0.286. The standard InChI is InChI=1S/C14H12F3N3/c15-14(16,17)10-3-1-2-9(8-10)13(5-6-13)11-4-7-19-12(18)20-11/h1-4,7-8H,5-6H2,(H2,18,19,20). The van der Waals surface area contributed by atoms with E-state index in [1.54, 1.807) is 12.1 Å². The van der Waals surface area contributed by atoms with Gasteiger partial charge in [0, 0.05) is 11.6 Å². The van der Waals surface area contributed by atoms with E-state index in [0.717, 1.165) is 18.9 Å². The van der Waals surface area contributed by atoms with Crippen LogP contribution in [-0.2, 0) is 11.6 Å². The lowest BCUT2D eigenvalue weighted by atomic mass is 9.91. The number of alkyl halides is 3. The van der Waals surface area contributed by atoms with E-state index in [1.165, 1.54) is 18.3 Å². The Morgan fingerprint density at radius 3 is 2.50 bits per heavy atom. The SMILES string of the molecule is Nc1nccc(C2(c3cccc(C(F)(F)F)c3)CC2)n1. The van der Waals surface area contributed by atoms with Crippen LogP contribution in [0.3, 0.4) is 0 Å². The second-order valence-corrected chi connectivity index (χ2v) is 4.96. The average Bonchev–Trinajstić information content (AvgIpc) is 3.19. The predicted molar refractivity (Wildman–Crippen MR) is 67.9 cm³/mol. The van der Waals surface area contributed by atoms with Gasteiger partial charge in [-0.1, -0.05) is 18.2 Å². The molecule has 1 fully saturated rings. The third kappa shape index (κ3) is 2.11. The summed E-state index contributed by atoms with van der Waals surface area (Å²) in [6.07, 6.45) is -1.27. The summed E-state index contributed by atoms with van der Waals surface area (Å²) in [6, 6.07) is 7.13. The zero-order valence-corrected chi connectivity index (χ0v) is 10.5. The van der Waals surface area contributed by atoms with Crippen LogP contribution in [0.5, 0.6) is 0 Å². The first-order chi connectivity index (χ1) is 9.42. The number of nitrogens with zero attached hydrogens (tertiary/aromatic N) is 2. The molecule has 3 rings (SSSR count). The van der Waals surface area contributed by atoms with E-state index in [1.807, 2.05) is 0 Å². The number of hydrogen-bond acceptors (Lipinski definition) is 3. The van der Waals surface area contributed by atoms with E-state index < -0.39 is 17.2 Å². The largest absolute Gasteiger partial charge is 0.416 e. The summed E-state index contributed by atoms with van der Waals surface area (Å²) < 4.78 is 38.4. The quantitative estimate of drug-likeness (QED) is 0.918. The van der Waals surface area contributed by atoms with Crippen LogP contribution in [0.25, 0.3) is 0 Å². The second kappa shape index (κ2) is 4.19. The molecule has 0 atom stereocenters. The summed E-state index contributed by atoms with van der Waals surface area (Å²) in [5.74, 6) is 0.140. The highest BCUT2D eigenvalue weighted by Gasteiger charge is 2.48. The van der Waals surface area contributed by atoms with Crippen molar-refractivity contribution in [1.29, 1.82) is 0 Å². The molecule has 1 aliphatic rings. The Balaban J connectivity index is 2.05. The molecule has 2 N–H and O–H groups in total. The zero-order valence-electron chi connectivity index (χ0n) is 10.5. The van der Waals surface area contributed by atoms with Crippen LogP contribution in [-0.4, -0.2) is 9.97 Å². The molecule has 0 saturated heterocycles. The first-order valence-corrected chi connectivity index (χ1v) is 6.19. The van der Waals surface area contributed by atoms with Crippen molar-refractivity contribution < 1.29 is 13.2 Å². The normalized spacial score (nSPS) is 16.9. The summed E-state index contributed by atoms with van der Waals surface area (Å²) >= 11 is 0. The highest BCUT2D eigenvalue weighted by atomic mass is 19.4. The topological polar surface area (TPSA) is 51.8 Å². The Morgan fingerprint density at radius 1 is 1.15 bits per heavy atom. The van der Waals surface area contributed by atoms with Crippen molar-refractivity contribution in [2.24, 2.45) is 0 Å². The molecule has 2 aromatic rings. The Labute approximate surface area is 113 Å². The summed E-state index contributed by atoms with van der Waals surface area (Å²) in [7, 11) is 0. The molecule has 1 heterocycles. The number of anilines is 1. The summed E-state index contributed by atoms with van der Waals surface area (Å²) in [6.45, 7) is 0. The van der Waals surface area contributed by atoms with E-state index in [9.17, 15) is 13.2 Å². The van der Waals surface area contributed by atoms with Crippen LogP contribution in [0.4, 0.5) is 19.1 Å². The molecule has 1 saturated carbocycles. The van der Waals surface area contributed by atoms with Crippen LogP contribution >= 0.6 is 0 Å². The Kier molecular flexibility index (Phi) is 2.70. The first kappa shape index (κ1) is 12.9. The van der Waals surface area contributed by atoms with E-state index in [-0.39, 0.29) is 5.95 Å². The maximum Gasteiger partial charge on any atom is 0.416 e. The van der Waals surface area contributed by atoms with Gasteiger partial charge in [-0.25, -0.2) is 9.97 Å². The van der Waals surface area contributed by atoms with Crippen LogP contribution in [0.1, 0.15) is 29.7 Å². The Morgan fingerprint density at radius 2 is 1.90 bits per heavy atom. The molecule has 0 radical (unpaired) electrons. The van der Waals surface area contributed by atoms with E-state index in [4.69, 9.17) is 5.73 Å². The lowest BCUT2D eigenvalue weighted by Gasteiger charge is -2.17. The van der Waals surface area contributed by atoms with E-state index >= 15 is 0 Å². The van der Waals surface area contributed by atoms with Crippen molar-refractivity contribution in [3.8, 4) is 0 Å². The zero-order chi connectivity index (χ0) is 14.4. The van der Waals surface area contributed by atoms with Gasteiger partial charge in [0.25, 0.3) is 0 Å². The van der Waals surface area contributed by atoms with Crippen LogP contribution < -0.4 is 5.73 Å². The van der Waals surface area contributed by atoms with Crippen molar-refractivity contribution in [1.82, 2.24) is 9.97 Å². The molecule has 0 spiro atoms. The third-order valence-corrected chi connectivity index (χ3v) is 3.66. The van der Waals surface area contributed by atoms with Crippen LogP contribution in [0.15, 0.2) is 36.5 Å². The number of hydrogen-bond donors (Lipinski definition) is 1. The van der Waals surface area contributed by atoms with E-state index in [2.05, 4.69) is 9.97 Å². The molecular weight excluding hydrogens is 267 g/mol. The lowest BCUT2D eigenvalue weighted by molar-refractivity contribution is -0.137. The van der Waals surface area contributed by atoms with Crippen LogP contribution in [0, 0.1) is 0 Å². The molecule has 0 amide bonds. The van der Waals surface area contributed by atoms with Gasteiger partial charge in [0.1, 0.15) is 0 Å². The number of nitrogens with two attached hydrogens (primary N) is 1.